The van der Waals surface area contributed by atoms with Crippen LogP contribution >= 0.6 is 0 Å². The zero-order chi connectivity index (χ0) is 21.1. The molecule has 6 heteroatoms. The number of hydrogen-bond donors (Lipinski definition) is 1. The summed E-state index contributed by atoms with van der Waals surface area (Å²) < 4.78 is 5.13. The number of hydrogen-bond acceptors (Lipinski definition) is 4. The number of nitrogens with two attached hydrogens (primary N) is 1. The third-order valence-corrected chi connectivity index (χ3v) is 5.63. The van der Waals surface area contributed by atoms with Gasteiger partial charge in [-0.05, 0) is 42.7 Å². The van der Waals surface area contributed by atoms with Crippen LogP contribution in [0.1, 0.15) is 50.7 Å². The minimum Gasteiger partial charge on any atom is -0.380 e. The number of fused-ring (bicyclic) bond motifs is 1. The Morgan fingerprint density at radius 2 is 1.93 bits per heavy atom. The van der Waals surface area contributed by atoms with Crippen LogP contribution in [0.15, 0.2) is 54.6 Å². The summed E-state index contributed by atoms with van der Waals surface area (Å²) >= 11 is 0. The minimum atomic E-state index is -0.486. The zero-order valence-corrected chi connectivity index (χ0v) is 17.0. The van der Waals surface area contributed by atoms with Crippen molar-refractivity contribution in [3.05, 3.63) is 77.0 Å². The molecule has 1 aromatic heterocycles. The summed E-state index contributed by atoms with van der Waals surface area (Å²) in [5, 5.41) is 0.884. The molecule has 2 amide bonds. The molecule has 1 unspecified atom stereocenters. The van der Waals surface area contributed by atoms with Gasteiger partial charge in [-0.1, -0.05) is 30.3 Å². The molecular weight excluding hydrogens is 378 g/mol. The highest BCUT2D eigenvalue weighted by Crippen LogP contribution is 2.30. The molecule has 0 spiro atoms. The number of pyridine rings is 1. The molecule has 0 aliphatic carbocycles. The first-order valence-corrected chi connectivity index (χ1v) is 10.1. The lowest BCUT2D eigenvalue weighted by molar-refractivity contribution is 0.0705. The third kappa shape index (κ3) is 4.04. The number of aromatic nitrogens is 1. The van der Waals surface area contributed by atoms with Gasteiger partial charge in [-0.15, -0.1) is 0 Å². The molecule has 2 aromatic carbocycles. The Bertz CT molecular complexity index is 1080. The van der Waals surface area contributed by atoms with Crippen LogP contribution in [0.3, 0.4) is 0 Å². The van der Waals surface area contributed by atoms with Gasteiger partial charge in [0.05, 0.1) is 23.4 Å². The van der Waals surface area contributed by atoms with E-state index in [0.29, 0.717) is 36.5 Å². The monoisotopic (exact) mass is 403 g/mol. The summed E-state index contributed by atoms with van der Waals surface area (Å²) in [6.07, 6.45) is 1.72. The van der Waals surface area contributed by atoms with Gasteiger partial charge in [0, 0.05) is 37.1 Å². The second-order valence-electron chi connectivity index (χ2n) is 7.70. The Balaban J connectivity index is 1.60. The Hall–Kier alpha value is -3.25. The number of benzene rings is 2. The molecular formula is C24H25N3O3. The third-order valence-electron chi connectivity index (χ3n) is 5.63. The Morgan fingerprint density at radius 1 is 1.17 bits per heavy atom. The topological polar surface area (TPSA) is 85.5 Å². The number of nitrogens with zero attached hydrogens (tertiary/aromatic N) is 2. The average Bonchev–Trinajstić information content (AvgIpc) is 2.78. The van der Waals surface area contributed by atoms with E-state index in [2.05, 4.69) is 0 Å². The number of rotatable bonds is 5. The SMILES string of the molecule is COCc1ccc(C(=O)N2CCCC(c3nc4ccccc4cc3C(N)=O)C2)cc1. The highest BCUT2D eigenvalue weighted by Gasteiger charge is 2.29. The van der Waals surface area contributed by atoms with Gasteiger partial charge in [0.25, 0.3) is 11.8 Å². The van der Waals surface area contributed by atoms with Crippen molar-refractivity contribution in [1.29, 1.82) is 0 Å². The number of para-hydroxylation sites is 1. The molecule has 1 fully saturated rings. The van der Waals surface area contributed by atoms with Crippen LogP contribution in [0.2, 0.25) is 0 Å². The van der Waals surface area contributed by atoms with Gasteiger partial charge in [-0.2, -0.15) is 0 Å². The van der Waals surface area contributed by atoms with Gasteiger partial charge in [0.2, 0.25) is 0 Å². The van der Waals surface area contributed by atoms with E-state index in [4.69, 9.17) is 15.5 Å². The number of carbonyl (C=O) groups is 2. The van der Waals surface area contributed by atoms with Gasteiger partial charge in [-0.3, -0.25) is 14.6 Å². The van der Waals surface area contributed by atoms with Gasteiger partial charge in [0.15, 0.2) is 0 Å². The lowest BCUT2D eigenvalue weighted by Crippen LogP contribution is -2.39. The second kappa shape index (κ2) is 8.63. The summed E-state index contributed by atoms with van der Waals surface area (Å²) in [7, 11) is 1.65. The molecule has 30 heavy (non-hydrogen) atoms. The first kappa shape index (κ1) is 20.0. The van der Waals surface area contributed by atoms with Gasteiger partial charge < -0.3 is 15.4 Å². The smallest absolute Gasteiger partial charge is 0.253 e. The fourth-order valence-corrected chi connectivity index (χ4v) is 4.12. The number of ether oxygens (including phenoxy) is 1. The Labute approximate surface area is 175 Å². The van der Waals surface area contributed by atoms with Crippen molar-refractivity contribution in [3.63, 3.8) is 0 Å². The molecule has 3 aromatic rings. The Morgan fingerprint density at radius 3 is 2.67 bits per heavy atom. The molecule has 4 rings (SSSR count). The fraction of sp³-hybridized carbons (Fsp3) is 0.292. The fourth-order valence-electron chi connectivity index (χ4n) is 4.12. The predicted molar refractivity (Wildman–Crippen MR) is 115 cm³/mol. The van der Waals surface area contributed by atoms with Crippen LogP contribution in [0, 0.1) is 0 Å². The molecule has 2 N–H and O–H groups in total. The predicted octanol–water partition coefficient (Wildman–Crippen LogP) is 3.50. The Kier molecular flexibility index (Phi) is 5.77. The van der Waals surface area contributed by atoms with E-state index in [0.717, 1.165) is 29.3 Å². The van der Waals surface area contributed by atoms with E-state index >= 15 is 0 Å². The van der Waals surface area contributed by atoms with Crippen LogP contribution in [0.5, 0.6) is 0 Å². The lowest BCUT2D eigenvalue weighted by atomic mass is 9.90. The maximum atomic E-state index is 13.1. The largest absolute Gasteiger partial charge is 0.380 e. The van der Waals surface area contributed by atoms with Gasteiger partial charge >= 0.3 is 0 Å². The van der Waals surface area contributed by atoms with Crippen molar-refractivity contribution < 1.29 is 14.3 Å². The van der Waals surface area contributed by atoms with E-state index in [1.807, 2.05) is 59.5 Å². The van der Waals surface area contributed by atoms with Gasteiger partial charge in [-0.25, -0.2) is 0 Å². The number of likely N-dealkylation sites (tertiary alicyclic amines) is 1. The highest BCUT2D eigenvalue weighted by molar-refractivity contribution is 5.98. The van der Waals surface area contributed by atoms with Crippen molar-refractivity contribution in [1.82, 2.24) is 9.88 Å². The van der Waals surface area contributed by atoms with Crippen molar-refractivity contribution >= 4 is 22.7 Å². The second-order valence-corrected chi connectivity index (χ2v) is 7.70. The first-order valence-electron chi connectivity index (χ1n) is 10.1. The first-order chi connectivity index (χ1) is 14.6. The van der Waals surface area contributed by atoms with E-state index in [1.165, 1.54) is 0 Å². The summed E-state index contributed by atoms with van der Waals surface area (Å²) in [6, 6.07) is 17.0. The van der Waals surface area contributed by atoms with Crippen LogP contribution in [-0.4, -0.2) is 41.9 Å². The van der Waals surface area contributed by atoms with E-state index < -0.39 is 5.91 Å². The molecule has 2 heterocycles. The molecule has 1 aliphatic rings. The molecule has 6 nitrogen and oxygen atoms in total. The van der Waals surface area contributed by atoms with Crippen molar-refractivity contribution in [2.45, 2.75) is 25.4 Å². The maximum absolute atomic E-state index is 13.1. The van der Waals surface area contributed by atoms with E-state index in [1.54, 1.807) is 7.11 Å². The van der Waals surface area contributed by atoms with Crippen LogP contribution < -0.4 is 5.73 Å². The van der Waals surface area contributed by atoms with E-state index in [9.17, 15) is 9.59 Å². The maximum Gasteiger partial charge on any atom is 0.253 e. The lowest BCUT2D eigenvalue weighted by Gasteiger charge is -2.33. The van der Waals surface area contributed by atoms with E-state index in [-0.39, 0.29) is 11.8 Å². The standard InChI is InChI=1S/C24H25N3O3/c1-30-15-16-8-10-17(11-9-16)24(29)27-12-4-6-19(14-27)22-20(23(25)28)13-18-5-2-3-7-21(18)26-22/h2-3,5,7-11,13,19H,4,6,12,14-15H2,1H3,(H2,25,28). The number of piperidine rings is 1. The number of carbonyl (C=O) groups excluding carboxylic acids is 2. The number of amides is 2. The number of primary amides is 1. The highest BCUT2D eigenvalue weighted by atomic mass is 16.5. The molecule has 1 atom stereocenters. The van der Waals surface area contributed by atoms with Crippen LogP contribution in [0.25, 0.3) is 10.9 Å². The molecule has 0 saturated carbocycles. The summed E-state index contributed by atoms with van der Waals surface area (Å²) in [5.74, 6) is -0.520. The van der Waals surface area contributed by atoms with Crippen LogP contribution in [-0.2, 0) is 11.3 Å². The van der Waals surface area contributed by atoms with Crippen molar-refractivity contribution in [2.24, 2.45) is 5.73 Å². The molecule has 154 valence electrons. The summed E-state index contributed by atoms with van der Waals surface area (Å²) in [5.41, 5.74) is 9.30. The molecule has 1 aliphatic heterocycles. The average molecular weight is 403 g/mol. The van der Waals surface area contributed by atoms with Crippen molar-refractivity contribution in [2.75, 3.05) is 20.2 Å². The summed E-state index contributed by atoms with van der Waals surface area (Å²) in [4.78, 5) is 31.8. The van der Waals surface area contributed by atoms with Gasteiger partial charge in [0.1, 0.15) is 0 Å². The number of methoxy groups -OCH3 is 1. The summed E-state index contributed by atoms with van der Waals surface area (Å²) in [6.45, 7) is 1.72. The molecule has 0 radical (unpaired) electrons. The van der Waals surface area contributed by atoms with Crippen LogP contribution in [0.4, 0.5) is 0 Å². The quantitative estimate of drug-likeness (QED) is 0.706. The molecule has 1 saturated heterocycles. The molecule has 0 bridgehead atoms. The normalized spacial score (nSPS) is 16.6. The van der Waals surface area contributed by atoms with Crippen molar-refractivity contribution in [3.8, 4) is 0 Å². The zero-order valence-electron chi connectivity index (χ0n) is 17.0. The minimum absolute atomic E-state index is 0.00918.